The van der Waals surface area contributed by atoms with Crippen LogP contribution in [0, 0.1) is 5.92 Å². The molecular formula is C21H32ClN3O2. The van der Waals surface area contributed by atoms with Gasteiger partial charge in [0.1, 0.15) is 0 Å². The van der Waals surface area contributed by atoms with Crippen molar-refractivity contribution in [1.29, 1.82) is 0 Å². The van der Waals surface area contributed by atoms with Crippen molar-refractivity contribution in [3.8, 4) is 0 Å². The summed E-state index contributed by atoms with van der Waals surface area (Å²) in [7, 11) is 2.18. The van der Waals surface area contributed by atoms with Gasteiger partial charge in [-0.25, -0.2) is 0 Å². The number of carbonyl (C=O) groups is 1. The smallest absolute Gasteiger partial charge is 0.227 e. The molecule has 0 unspecified atom stereocenters. The summed E-state index contributed by atoms with van der Waals surface area (Å²) < 4.78 is 0. The first kappa shape index (κ1) is 20.6. The summed E-state index contributed by atoms with van der Waals surface area (Å²) in [6, 6.07) is 8.08. The number of hydrogen-bond donors (Lipinski definition) is 1. The minimum Gasteiger partial charge on any atom is -0.396 e. The Morgan fingerprint density at radius 3 is 2.52 bits per heavy atom. The lowest BCUT2D eigenvalue weighted by atomic mass is 9.86. The highest BCUT2D eigenvalue weighted by molar-refractivity contribution is 6.30. The summed E-state index contributed by atoms with van der Waals surface area (Å²) in [5.74, 6) is 0.645. The van der Waals surface area contributed by atoms with Crippen molar-refractivity contribution in [2.24, 2.45) is 5.92 Å². The number of likely N-dealkylation sites (tertiary alicyclic amines) is 1. The molecule has 6 heteroatoms. The molecule has 0 aliphatic carbocycles. The molecular weight excluding hydrogens is 362 g/mol. The van der Waals surface area contributed by atoms with Gasteiger partial charge in [-0.05, 0) is 49.9 Å². The first-order valence-corrected chi connectivity index (χ1v) is 10.5. The Morgan fingerprint density at radius 1 is 1.15 bits per heavy atom. The molecule has 1 N–H and O–H groups in total. The quantitative estimate of drug-likeness (QED) is 0.804. The maximum Gasteiger partial charge on any atom is 0.227 e. The summed E-state index contributed by atoms with van der Waals surface area (Å²) in [6.07, 6.45) is 3.27. The van der Waals surface area contributed by atoms with Gasteiger partial charge in [0, 0.05) is 56.9 Å². The Bertz CT molecular complexity index is 602. The second-order valence-electron chi connectivity index (χ2n) is 7.96. The van der Waals surface area contributed by atoms with Crippen molar-refractivity contribution in [2.75, 3.05) is 52.9 Å². The van der Waals surface area contributed by atoms with Crippen LogP contribution in [0.1, 0.15) is 24.8 Å². The Labute approximate surface area is 167 Å². The highest BCUT2D eigenvalue weighted by Gasteiger charge is 2.35. The average Bonchev–Trinajstić information content (AvgIpc) is 2.68. The van der Waals surface area contributed by atoms with Crippen molar-refractivity contribution in [3.05, 3.63) is 34.9 Å². The first-order valence-electron chi connectivity index (χ1n) is 10.1. The number of aliphatic hydroxyl groups excluding tert-OH is 1. The summed E-state index contributed by atoms with van der Waals surface area (Å²) in [4.78, 5) is 19.8. The van der Waals surface area contributed by atoms with Crippen molar-refractivity contribution >= 4 is 17.5 Å². The van der Waals surface area contributed by atoms with E-state index in [1.807, 2.05) is 29.2 Å². The van der Waals surface area contributed by atoms with Crippen LogP contribution in [0.15, 0.2) is 24.3 Å². The summed E-state index contributed by atoms with van der Waals surface area (Å²) >= 11 is 5.94. The number of likely N-dealkylation sites (N-methyl/N-ethyl adjacent to an activating group) is 1. The molecule has 2 aliphatic heterocycles. The third-order valence-electron chi connectivity index (χ3n) is 6.06. The zero-order valence-electron chi connectivity index (χ0n) is 16.3. The number of benzene rings is 1. The number of piperidine rings is 1. The van der Waals surface area contributed by atoms with E-state index in [1.54, 1.807) is 0 Å². The van der Waals surface area contributed by atoms with E-state index < -0.39 is 0 Å². The van der Waals surface area contributed by atoms with Gasteiger partial charge in [-0.3, -0.25) is 9.69 Å². The van der Waals surface area contributed by atoms with E-state index >= 15 is 0 Å². The fourth-order valence-corrected chi connectivity index (χ4v) is 4.53. The van der Waals surface area contributed by atoms with E-state index in [2.05, 4.69) is 16.8 Å². The third-order valence-corrected chi connectivity index (χ3v) is 6.31. The molecule has 0 spiro atoms. The number of hydrogen-bond acceptors (Lipinski definition) is 4. The Morgan fingerprint density at radius 2 is 1.85 bits per heavy atom. The lowest BCUT2D eigenvalue weighted by Gasteiger charge is -2.46. The van der Waals surface area contributed by atoms with E-state index in [-0.39, 0.29) is 12.5 Å². The third kappa shape index (κ3) is 5.67. The highest BCUT2D eigenvalue weighted by atomic mass is 35.5. The Hall–Kier alpha value is -1.14. The fourth-order valence-electron chi connectivity index (χ4n) is 4.41. The van der Waals surface area contributed by atoms with Crippen LogP contribution in [-0.4, -0.2) is 84.7 Å². The maximum atomic E-state index is 12.8. The molecule has 0 bridgehead atoms. The average molecular weight is 394 g/mol. The molecule has 1 aromatic carbocycles. The summed E-state index contributed by atoms with van der Waals surface area (Å²) in [5.41, 5.74) is 1.01. The lowest BCUT2D eigenvalue weighted by Crippen LogP contribution is -2.57. The van der Waals surface area contributed by atoms with Gasteiger partial charge in [0.25, 0.3) is 0 Å². The van der Waals surface area contributed by atoms with Crippen LogP contribution in [0.2, 0.25) is 5.02 Å². The molecule has 1 amide bonds. The lowest BCUT2D eigenvalue weighted by molar-refractivity contribution is -0.133. The van der Waals surface area contributed by atoms with Gasteiger partial charge < -0.3 is 14.9 Å². The molecule has 27 heavy (non-hydrogen) atoms. The van der Waals surface area contributed by atoms with Crippen LogP contribution in [-0.2, 0) is 11.2 Å². The van der Waals surface area contributed by atoms with Crippen LogP contribution in [0.3, 0.4) is 0 Å². The molecule has 0 saturated carbocycles. The van der Waals surface area contributed by atoms with Crippen molar-refractivity contribution in [3.63, 3.8) is 0 Å². The molecule has 150 valence electrons. The second kappa shape index (κ2) is 9.87. The number of nitrogens with zero attached hydrogens (tertiary/aromatic N) is 3. The molecule has 2 aliphatic rings. The van der Waals surface area contributed by atoms with Crippen molar-refractivity contribution < 1.29 is 9.90 Å². The molecule has 2 saturated heterocycles. The Balaban J connectivity index is 1.60. The Kier molecular flexibility index (Phi) is 7.53. The van der Waals surface area contributed by atoms with E-state index in [9.17, 15) is 9.90 Å². The van der Waals surface area contributed by atoms with Gasteiger partial charge in [0.2, 0.25) is 5.91 Å². The maximum absolute atomic E-state index is 12.8. The van der Waals surface area contributed by atoms with E-state index in [1.165, 1.54) is 0 Å². The number of piperazine rings is 1. The molecule has 2 atom stereocenters. The molecule has 2 heterocycles. The molecule has 0 radical (unpaired) electrons. The number of aliphatic hydroxyl groups is 1. The topological polar surface area (TPSA) is 47.0 Å². The number of amides is 1. The van der Waals surface area contributed by atoms with Crippen LogP contribution in [0.4, 0.5) is 0 Å². The molecule has 2 fully saturated rings. The zero-order valence-corrected chi connectivity index (χ0v) is 17.1. The second-order valence-corrected chi connectivity index (χ2v) is 8.40. The minimum absolute atomic E-state index is 0.197. The molecule has 5 nitrogen and oxygen atoms in total. The van der Waals surface area contributed by atoms with Gasteiger partial charge in [-0.1, -0.05) is 23.7 Å². The predicted octanol–water partition coefficient (Wildman–Crippen LogP) is 2.12. The molecule has 0 aromatic heterocycles. The largest absolute Gasteiger partial charge is 0.396 e. The van der Waals surface area contributed by atoms with Gasteiger partial charge >= 0.3 is 0 Å². The normalized spacial score (nSPS) is 24.9. The zero-order chi connectivity index (χ0) is 19.2. The van der Waals surface area contributed by atoms with E-state index in [0.717, 1.165) is 64.1 Å². The van der Waals surface area contributed by atoms with Crippen LogP contribution >= 0.6 is 11.6 Å². The van der Waals surface area contributed by atoms with Gasteiger partial charge in [-0.2, -0.15) is 0 Å². The SMILES string of the molecule is CN1CCN([C@@H]2CCN(C(=O)Cc3ccc(Cl)cc3)C[C@@H]2CCCO)CC1. The summed E-state index contributed by atoms with van der Waals surface area (Å²) in [6.45, 7) is 6.31. The molecule has 3 rings (SSSR count). The number of carbonyl (C=O) groups excluding carboxylic acids is 1. The highest BCUT2D eigenvalue weighted by Crippen LogP contribution is 2.27. The van der Waals surface area contributed by atoms with E-state index in [4.69, 9.17) is 11.6 Å². The number of halogens is 1. The monoisotopic (exact) mass is 393 g/mol. The predicted molar refractivity (Wildman–Crippen MR) is 109 cm³/mol. The van der Waals surface area contributed by atoms with E-state index in [0.29, 0.717) is 23.4 Å². The molecule has 1 aromatic rings. The summed E-state index contributed by atoms with van der Waals surface area (Å²) in [5, 5.41) is 10.0. The van der Waals surface area contributed by atoms with Crippen LogP contribution in [0.25, 0.3) is 0 Å². The van der Waals surface area contributed by atoms with Gasteiger partial charge in [0.15, 0.2) is 0 Å². The van der Waals surface area contributed by atoms with Crippen LogP contribution < -0.4 is 0 Å². The van der Waals surface area contributed by atoms with Gasteiger partial charge in [-0.15, -0.1) is 0 Å². The fraction of sp³-hybridized carbons (Fsp3) is 0.667. The minimum atomic E-state index is 0.197. The number of rotatable bonds is 6. The van der Waals surface area contributed by atoms with Gasteiger partial charge in [0.05, 0.1) is 6.42 Å². The van der Waals surface area contributed by atoms with Crippen molar-refractivity contribution in [1.82, 2.24) is 14.7 Å². The van der Waals surface area contributed by atoms with Crippen LogP contribution in [0.5, 0.6) is 0 Å². The first-order chi connectivity index (χ1) is 13.1. The van der Waals surface area contributed by atoms with Crippen molar-refractivity contribution in [2.45, 2.75) is 31.7 Å². The standard InChI is InChI=1S/C21H32ClN3O2/c1-23-10-12-24(13-11-23)20-8-9-25(16-18(20)3-2-14-26)21(27)15-17-4-6-19(22)7-5-17/h4-7,18,20,26H,2-3,8-16H2,1H3/t18-,20+/m0/s1.